The number of hydrogen-bond donors (Lipinski definition) is 1. The van der Waals surface area contributed by atoms with E-state index >= 15 is 0 Å². The summed E-state index contributed by atoms with van der Waals surface area (Å²) in [7, 11) is 0. The molecule has 0 aliphatic carbocycles. The first-order chi connectivity index (χ1) is 8.95. The third-order valence-corrected chi connectivity index (χ3v) is 3.53. The molecule has 1 saturated heterocycles. The Kier molecular flexibility index (Phi) is 4.60. The van der Waals surface area contributed by atoms with Gasteiger partial charge in [-0.1, -0.05) is 11.6 Å². The first-order valence-corrected chi connectivity index (χ1v) is 6.90. The number of nitrogens with zero attached hydrogens (tertiary/aromatic N) is 1. The summed E-state index contributed by atoms with van der Waals surface area (Å²) in [6.07, 6.45) is 0.278. The summed E-state index contributed by atoms with van der Waals surface area (Å²) < 4.78 is 18.7. The lowest BCUT2D eigenvalue weighted by Gasteiger charge is -2.36. The number of anilines is 1. The van der Waals surface area contributed by atoms with Gasteiger partial charge in [0.15, 0.2) is 5.11 Å². The molecule has 2 unspecified atom stereocenters. The number of benzene rings is 1. The Bertz CT molecular complexity index is 476. The highest BCUT2D eigenvalue weighted by Gasteiger charge is 2.23. The maximum atomic E-state index is 13.1. The normalized spacial score (nSPS) is 23.3. The number of thiocarbonyl (C=S) groups is 1. The Hall–Kier alpha value is -0.910. The van der Waals surface area contributed by atoms with E-state index in [-0.39, 0.29) is 17.2 Å². The van der Waals surface area contributed by atoms with Crippen LogP contribution in [0, 0.1) is 5.82 Å². The van der Waals surface area contributed by atoms with Crippen LogP contribution in [0.5, 0.6) is 0 Å². The third kappa shape index (κ3) is 3.78. The van der Waals surface area contributed by atoms with Crippen molar-refractivity contribution in [2.45, 2.75) is 26.1 Å². The molecule has 1 aliphatic heterocycles. The molecule has 0 bridgehead atoms. The number of hydrogen-bond acceptors (Lipinski definition) is 2. The van der Waals surface area contributed by atoms with Gasteiger partial charge >= 0.3 is 0 Å². The van der Waals surface area contributed by atoms with Gasteiger partial charge in [0.05, 0.1) is 17.2 Å². The molecule has 1 N–H and O–H groups in total. The lowest BCUT2D eigenvalue weighted by molar-refractivity contribution is -0.0473. The Balaban J connectivity index is 2.02. The average Bonchev–Trinajstić information content (AvgIpc) is 2.32. The van der Waals surface area contributed by atoms with E-state index in [4.69, 9.17) is 28.6 Å². The van der Waals surface area contributed by atoms with E-state index in [0.717, 1.165) is 13.1 Å². The van der Waals surface area contributed by atoms with E-state index < -0.39 is 5.82 Å². The van der Waals surface area contributed by atoms with Gasteiger partial charge < -0.3 is 15.0 Å². The van der Waals surface area contributed by atoms with Gasteiger partial charge in [0.25, 0.3) is 0 Å². The van der Waals surface area contributed by atoms with Crippen LogP contribution < -0.4 is 5.32 Å². The van der Waals surface area contributed by atoms with Gasteiger partial charge in [0.1, 0.15) is 5.82 Å². The molecule has 0 saturated carbocycles. The lowest BCUT2D eigenvalue weighted by Crippen LogP contribution is -2.49. The van der Waals surface area contributed by atoms with Gasteiger partial charge in [-0.2, -0.15) is 0 Å². The van der Waals surface area contributed by atoms with Gasteiger partial charge in [-0.05, 0) is 44.3 Å². The monoisotopic (exact) mass is 302 g/mol. The fourth-order valence-corrected chi connectivity index (χ4v) is 2.57. The van der Waals surface area contributed by atoms with Crippen molar-refractivity contribution >= 4 is 34.6 Å². The number of ether oxygens (including phenoxy) is 1. The summed E-state index contributed by atoms with van der Waals surface area (Å²) in [6.45, 7) is 5.51. The molecule has 2 atom stereocenters. The standard InChI is InChI=1S/C13H16ClFN2OS/c1-8-6-17(7-9(2)18-8)13(19)16-10-3-4-12(15)11(14)5-10/h3-5,8-9H,6-7H2,1-2H3,(H,16,19). The number of rotatable bonds is 1. The highest BCUT2D eigenvalue weighted by atomic mass is 35.5. The molecule has 0 aromatic heterocycles. The second-order valence-corrected chi connectivity index (χ2v) is 5.52. The highest BCUT2D eigenvalue weighted by Crippen LogP contribution is 2.20. The van der Waals surface area contributed by atoms with E-state index in [1.807, 2.05) is 18.7 Å². The molecule has 19 heavy (non-hydrogen) atoms. The van der Waals surface area contributed by atoms with Crippen LogP contribution in [0.1, 0.15) is 13.8 Å². The highest BCUT2D eigenvalue weighted by molar-refractivity contribution is 7.80. The minimum absolute atomic E-state index is 0.0801. The molecule has 0 radical (unpaired) electrons. The number of halogens is 2. The first kappa shape index (κ1) is 14.5. The van der Waals surface area contributed by atoms with Crippen molar-refractivity contribution in [1.29, 1.82) is 0 Å². The maximum absolute atomic E-state index is 13.1. The van der Waals surface area contributed by atoms with Crippen LogP contribution in [-0.4, -0.2) is 35.3 Å². The predicted molar refractivity (Wildman–Crippen MR) is 79.2 cm³/mol. The van der Waals surface area contributed by atoms with E-state index in [9.17, 15) is 4.39 Å². The van der Waals surface area contributed by atoms with Crippen molar-refractivity contribution in [2.75, 3.05) is 18.4 Å². The summed E-state index contributed by atoms with van der Waals surface area (Å²) >= 11 is 11.1. The zero-order chi connectivity index (χ0) is 14.0. The number of nitrogens with one attached hydrogen (secondary N) is 1. The molecular weight excluding hydrogens is 287 g/mol. The van der Waals surface area contributed by atoms with Gasteiger partial charge in [0.2, 0.25) is 0 Å². The van der Waals surface area contributed by atoms with Gasteiger partial charge in [-0.15, -0.1) is 0 Å². The molecule has 1 aliphatic rings. The van der Waals surface area contributed by atoms with Crippen LogP contribution in [0.25, 0.3) is 0 Å². The van der Waals surface area contributed by atoms with Crippen LogP contribution in [0.15, 0.2) is 18.2 Å². The molecule has 3 nitrogen and oxygen atoms in total. The predicted octanol–water partition coefficient (Wildman–Crippen LogP) is 3.29. The summed E-state index contributed by atoms with van der Waals surface area (Å²) in [5.74, 6) is -0.438. The SMILES string of the molecule is CC1CN(C(=S)Nc2ccc(F)c(Cl)c2)CC(C)O1. The summed E-state index contributed by atoms with van der Waals surface area (Å²) in [6, 6.07) is 4.45. The van der Waals surface area contributed by atoms with Crippen molar-refractivity contribution in [1.82, 2.24) is 4.90 Å². The maximum Gasteiger partial charge on any atom is 0.173 e. The Morgan fingerprint density at radius 1 is 1.42 bits per heavy atom. The van der Waals surface area contributed by atoms with Crippen molar-refractivity contribution in [3.8, 4) is 0 Å². The fourth-order valence-electron chi connectivity index (χ4n) is 2.12. The van der Waals surface area contributed by atoms with Gasteiger partial charge in [-0.3, -0.25) is 0 Å². The molecule has 1 fully saturated rings. The molecule has 0 amide bonds. The van der Waals surface area contributed by atoms with Gasteiger partial charge in [0, 0.05) is 18.8 Å². The van der Waals surface area contributed by atoms with E-state index in [1.54, 1.807) is 6.07 Å². The summed E-state index contributed by atoms with van der Waals surface area (Å²) in [5.41, 5.74) is 0.684. The molecule has 0 spiro atoms. The number of morpholine rings is 1. The first-order valence-electron chi connectivity index (χ1n) is 6.12. The smallest absolute Gasteiger partial charge is 0.173 e. The third-order valence-electron chi connectivity index (χ3n) is 2.88. The zero-order valence-electron chi connectivity index (χ0n) is 10.8. The van der Waals surface area contributed by atoms with Crippen LogP contribution in [-0.2, 0) is 4.74 Å². The van der Waals surface area contributed by atoms with Crippen LogP contribution in [0.3, 0.4) is 0 Å². The quantitative estimate of drug-likeness (QED) is 0.805. The molecule has 1 aromatic carbocycles. The molecule has 6 heteroatoms. The topological polar surface area (TPSA) is 24.5 Å². The second-order valence-electron chi connectivity index (χ2n) is 4.72. The Morgan fingerprint density at radius 2 is 2.05 bits per heavy atom. The van der Waals surface area contributed by atoms with Crippen molar-refractivity contribution in [2.24, 2.45) is 0 Å². The van der Waals surface area contributed by atoms with E-state index in [1.165, 1.54) is 12.1 Å². The van der Waals surface area contributed by atoms with E-state index in [2.05, 4.69) is 5.32 Å². The molecule has 1 aromatic rings. The summed E-state index contributed by atoms with van der Waals surface area (Å²) in [4.78, 5) is 2.05. The largest absolute Gasteiger partial charge is 0.372 e. The molecule has 1 heterocycles. The zero-order valence-corrected chi connectivity index (χ0v) is 12.4. The molecule has 104 valence electrons. The van der Waals surface area contributed by atoms with Crippen LogP contribution >= 0.6 is 23.8 Å². The van der Waals surface area contributed by atoms with Crippen LogP contribution in [0.2, 0.25) is 5.02 Å². The molecule has 2 rings (SSSR count). The molecular formula is C13H16ClFN2OS. The Labute approximate surface area is 122 Å². The minimum atomic E-state index is -0.438. The lowest BCUT2D eigenvalue weighted by atomic mass is 10.2. The van der Waals surface area contributed by atoms with Crippen molar-refractivity contribution in [3.05, 3.63) is 29.0 Å². The van der Waals surface area contributed by atoms with Crippen LogP contribution in [0.4, 0.5) is 10.1 Å². The Morgan fingerprint density at radius 3 is 2.63 bits per heavy atom. The van der Waals surface area contributed by atoms with Crippen molar-refractivity contribution < 1.29 is 9.13 Å². The summed E-state index contributed by atoms with van der Waals surface area (Å²) in [5, 5.41) is 3.75. The second kappa shape index (κ2) is 6.03. The van der Waals surface area contributed by atoms with E-state index in [0.29, 0.717) is 10.8 Å². The minimum Gasteiger partial charge on any atom is -0.372 e. The van der Waals surface area contributed by atoms with Crippen molar-refractivity contribution in [3.63, 3.8) is 0 Å². The van der Waals surface area contributed by atoms with Gasteiger partial charge in [-0.25, -0.2) is 4.39 Å². The average molecular weight is 303 g/mol. The fraction of sp³-hybridized carbons (Fsp3) is 0.462.